The van der Waals surface area contributed by atoms with Gasteiger partial charge in [-0.1, -0.05) is 6.42 Å². The van der Waals surface area contributed by atoms with Crippen LogP contribution in [0.5, 0.6) is 5.75 Å². The number of nitrogens with zero attached hydrogens (tertiary/aromatic N) is 2. The Kier molecular flexibility index (Phi) is 4.85. The normalized spacial score (nSPS) is 21.0. The zero-order valence-corrected chi connectivity index (χ0v) is 15.8. The van der Waals surface area contributed by atoms with E-state index in [2.05, 4.69) is 14.6 Å². The second-order valence-corrected chi connectivity index (χ2v) is 8.92. The minimum absolute atomic E-state index is 0.0804. The van der Waals surface area contributed by atoms with Crippen molar-refractivity contribution in [2.75, 3.05) is 24.4 Å². The van der Waals surface area contributed by atoms with Crippen LogP contribution >= 0.6 is 11.3 Å². The quantitative estimate of drug-likeness (QED) is 0.856. The van der Waals surface area contributed by atoms with Crippen LogP contribution in [0.1, 0.15) is 37.3 Å². The number of rotatable bonds is 4. The van der Waals surface area contributed by atoms with E-state index < -0.39 is 20.7 Å². The van der Waals surface area contributed by atoms with Gasteiger partial charge in [-0.25, -0.2) is 17.8 Å². The molecule has 0 aliphatic carbocycles. The Hall–Kier alpha value is -1.71. The van der Waals surface area contributed by atoms with Crippen LogP contribution in [0.2, 0.25) is 0 Å². The van der Waals surface area contributed by atoms with Crippen LogP contribution in [0.25, 0.3) is 0 Å². The lowest BCUT2D eigenvalue weighted by Crippen LogP contribution is -2.36. The summed E-state index contributed by atoms with van der Waals surface area (Å²) in [6, 6.07) is 2.70. The third-order valence-corrected chi connectivity index (χ3v) is 6.82. The molecule has 2 aliphatic rings. The molecule has 0 unspecified atom stereocenters. The van der Waals surface area contributed by atoms with Gasteiger partial charge < -0.3 is 4.74 Å². The van der Waals surface area contributed by atoms with Gasteiger partial charge in [0.15, 0.2) is 5.82 Å². The maximum atomic E-state index is 14.7. The van der Waals surface area contributed by atoms with E-state index in [1.165, 1.54) is 35.4 Å². The van der Waals surface area contributed by atoms with Gasteiger partial charge in [0.25, 0.3) is 10.0 Å². The van der Waals surface area contributed by atoms with Crippen molar-refractivity contribution >= 4 is 27.2 Å². The Morgan fingerprint density at radius 2 is 2.08 bits per heavy atom. The minimum Gasteiger partial charge on any atom is -0.493 e. The fourth-order valence-corrected chi connectivity index (χ4v) is 5.28. The van der Waals surface area contributed by atoms with Crippen LogP contribution in [0.3, 0.4) is 0 Å². The van der Waals surface area contributed by atoms with Crippen molar-refractivity contribution < 1.29 is 17.5 Å². The Morgan fingerprint density at radius 3 is 2.81 bits per heavy atom. The number of anilines is 1. The van der Waals surface area contributed by atoms with Gasteiger partial charge in [0.2, 0.25) is 0 Å². The summed E-state index contributed by atoms with van der Waals surface area (Å²) in [4.78, 5) is 5.82. The number of likely N-dealkylation sites (tertiary alicyclic amines) is 1. The summed E-state index contributed by atoms with van der Waals surface area (Å²) >= 11 is 1.26. The highest BCUT2D eigenvalue weighted by atomic mass is 32.2. The van der Waals surface area contributed by atoms with Gasteiger partial charge in [-0.15, -0.1) is 11.3 Å². The molecule has 140 valence electrons. The van der Waals surface area contributed by atoms with Crippen molar-refractivity contribution in [2.45, 2.75) is 36.6 Å². The van der Waals surface area contributed by atoms with Crippen LogP contribution in [-0.2, 0) is 10.0 Å². The summed E-state index contributed by atoms with van der Waals surface area (Å²) in [6.07, 6.45) is 4.29. The van der Waals surface area contributed by atoms with Crippen LogP contribution < -0.4 is 9.46 Å². The molecular formula is C17H20FN3O3S2. The molecule has 0 spiro atoms. The Morgan fingerprint density at radius 1 is 1.27 bits per heavy atom. The third kappa shape index (κ3) is 3.43. The standard InChI is InChI=1S/C17H20FN3O3S2/c18-13-8-12-14(21-5-2-1-3-6-21)4-7-24-15(12)9-16(13)26(22,23)20-17-10-25-11-19-17/h8-11,14,20H,1-7H2/t14-/m1/s1. The molecule has 0 bridgehead atoms. The molecule has 4 rings (SSSR count). The third-order valence-electron chi connectivity index (χ3n) is 4.86. The molecule has 9 heteroatoms. The largest absolute Gasteiger partial charge is 0.493 e. The number of benzene rings is 1. The number of halogens is 1. The van der Waals surface area contributed by atoms with Gasteiger partial charge >= 0.3 is 0 Å². The molecule has 1 fully saturated rings. The number of hydrogen-bond acceptors (Lipinski definition) is 6. The van der Waals surface area contributed by atoms with Gasteiger partial charge in [-0.2, -0.15) is 0 Å². The molecule has 1 saturated heterocycles. The van der Waals surface area contributed by atoms with Crippen LogP contribution in [0.4, 0.5) is 10.2 Å². The number of ether oxygens (including phenoxy) is 1. The van der Waals surface area contributed by atoms with Gasteiger partial charge in [-0.3, -0.25) is 9.62 Å². The lowest BCUT2D eigenvalue weighted by molar-refractivity contribution is 0.118. The number of hydrogen-bond donors (Lipinski definition) is 1. The van der Waals surface area contributed by atoms with E-state index in [9.17, 15) is 12.8 Å². The van der Waals surface area contributed by atoms with Crippen LogP contribution in [-0.4, -0.2) is 38.0 Å². The highest BCUT2D eigenvalue weighted by Gasteiger charge is 2.31. The monoisotopic (exact) mass is 397 g/mol. The first kappa shape index (κ1) is 17.7. The van der Waals surface area contributed by atoms with E-state index >= 15 is 0 Å². The van der Waals surface area contributed by atoms with E-state index in [4.69, 9.17) is 4.74 Å². The molecule has 0 amide bonds. The van der Waals surface area contributed by atoms with Crippen LogP contribution in [0.15, 0.2) is 27.9 Å². The maximum absolute atomic E-state index is 14.7. The number of sulfonamides is 1. The summed E-state index contributed by atoms with van der Waals surface area (Å²) in [7, 11) is -4.06. The second-order valence-electron chi connectivity index (χ2n) is 6.55. The molecule has 0 radical (unpaired) electrons. The highest BCUT2D eigenvalue weighted by Crippen LogP contribution is 2.39. The lowest BCUT2D eigenvalue weighted by atomic mass is 9.96. The van der Waals surface area contributed by atoms with Crippen molar-refractivity contribution in [3.8, 4) is 5.75 Å². The Balaban J connectivity index is 1.67. The number of fused-ring (bicyclic) bond motifs is 1. The molecule has 1 atom stereocenters. The molecule has 1 N–H and O–H groups in total. The molecule has 3 heterocycles. The van der Waals surface area contributed by atoms with E-state index in [0.29, 0.717) is 12.4 Å². The van der Waals surface area contributed by atoms with Gasteiger partial charge in [0, 0.05) is 29.5 Å². The maximum Gasteiger partial charge on any atom is 0.266 e. The van der Waals surface area contributed by atoms with E-state index in [1.807, 2.05) is 0 Å². The zero-order valence-electron chi connectivity index (χ0n) is 14.2. The average Bonchev–Trinajstić information content (AvgIpc) is 3.13. The van der Waals surface area contributed by atoms with E-state index in [-0.39, 0.29) is 11.9 Å². The van der Waals surface area contributed by atoms with E-state index in [0.717, 1.165) is 37.9 Å². The van der Waals surface area contributed by atoms with Crippen molar-refractivity contribution in [3.05, 3.63) is 34.4 Å². The first-order valence-electron chi connectivity index (χ1n) is 8.66. The fourth-order valence-electron chi connectivity index (χ4n) is 3.64. The smallest absolute Gasteiger partial charge is 0.266 e. The molecule has 6 nitrogen and oxygen atoms in total. The van der Waals surface area contributed by atoms with E-state index in [1.54, 1.807) is 5.38 Å². The topological polar surface area (TPSA) is 71.5 Å². The number of aromatic nitrogens is 1. The number of nitrogens with one attached hydrogen (secondary N) is 1. The first-order chi connectivity index (χ1) is 12.5. The summed E-state index contributed by atoms with van der Waals surface area (Å²) in [5, 5.41) is 1.55. The van der Waals surface area contributed by atoms with Crippen molar-refractivity contribution in [2.24, 2.45) is 0 Å². The SMILES string of the molecule is O=S(=O)(Nc1cscn1)c1cc2c(cc1F)[C@H](N1CCCCC1)CCO2. The molecule has 0 saturated carbocycles. The predicted octanol–water partition coefficient (Wildman–Crippen LogP) is 3.39. The Bertz CT molecular complexity index is 881. The second kappa shape index (κ2) is 7.13. The fraction of sp³-hybridized carbons (Fsp3) is 0.471. The molecular weight excluding hydrogens is 377 g/mol. The molecule has 1 aromatic heterocycles. The summed E-state index contributed by atoms with van der Waals surface area (Å²) in [6.45, 7) is 2.47. The molecule has 26 heavy (non-hydrogen) atoms. The van der Waals surface area contributed by atoms with Crippen molar-refractivity contribution in [1.29, 1.82) is 0 Å². The summed E-state index contributed by atoms with van der Waals surface area (Å²) in [5.74, 6) is -0.134. The van der Waals surface area contributed by atoms with Crippen molar-refractivity contribution in [3.63, 3.8) is 0 Å². The number of piperidine rings is 1. The predicted molar refractivity (Wildman–Crippen MR) is 97.6 cm³/mol. The molecule has 2 aliphatic heterocycles. The van der Waals surface area contributed by atoms with Crippen molar-refractivity contribution in [1.82, 2.24) is 9.88 Å². The summed E-state index contributed by atoms with van der Waals surface area (Å²) in [5.41, 5.74) is 2.25. The average molecular weight is 397 g/mol. The zero-order chi connectivity index (χ0) is 18.1. The Labute approximate surface area is 156 Å². The van der Waals surface area contributed by atoms with Gasteiger partial charge in [-0.05, 0) is 32.0 Å². The number of thiazole rings is 1. The summed E-state index contributed by atoms with van der Waals surface area (Å²) < 4.78 is 47.8. The van der Waals surface area contributed by atoms with Crippen LogP contribution in [0, 0.1) is 5.82 Å². The molecule has 2 aromatic rings. The van der Waals surface area contributed by atoms with Gasteiger partial charge in [0.1, 0.15) is 16.5 Å². The molecule has 1 aromatic carbocycles. The lowest BCUT2D eigenvalue weighted by Gasteiger charge is -2.38. The first-order valence-corrected chi connectivity index (χ1v) is 11.1. The van der Waals surface area contributed by atoms with Gasteiger partial charge in [0.05, 0.1) is 12.1 Å². The minimum atomic E-state index is -4.06. The highest BCUT2D eigenvalue weighted by molar-refractivity contribution is 7.92.